The van der Waals surface area contributed by atoms with Crippen LogP contribution in [0.25, 0.3) is 0 Å². The molecule has 96 valence electrons. The lowest BCUT2D eigenvalue weighted by molar-refractivity contribution is -0.117. The summed E-state index contributed by atoms with van der Waals surface area (Å²) in [4.78, 5) is 12.0. The number of anilines is 1. The van der Waals surface area contributed by atoms with Crippen LogP contribution >= 0.6 is 15.9 Å². The van der Waals surface area contributed by atoms with Crippen LogP contribution in [0.3, 0.4) is 0 Å². The highest BCUT2D eigenvalue weighted by molar-refractivity contribution is 9.10. The van der Waals surface area contributed by atoms with E-state index in [1.54, 1.807) is 18.2 Å². The maximum atomic E-state index is 13.7. The number of carbonyl (C=O) groups is 1. The third kappa shape index (κ3) is 2.28. The molecule has 0 aromatic heterocycles. The van der Waals surface area contributed by atoms with Crippen LogP contribution in [-0.2, 0) is 11.2 Å². The van der Waals surface area contributed by atoms with E-state index in [1.807, 2.05) is 18.2 Å². The first kappa shape index (κ1) is 12.4. The lowest BCUT2D eigenvalue weighted by atomic mass is 9.93. The van der Waals surface area contributed by atoms with Crippen molar-refractivity contribution in [2.24, 2.45) is 0 Å². The lowest BCUT2D eigenvalue weighted by Crippen LogP contribution is -2.14. The van der Waals surface area contributed by atoms with Gasteiger partial charge in [-0.15, -0.1) is 0 Å². The Morgan fingerprint density at radius 3 is 2.79 bits per heavy atom. The Morgan fingerprint density at radius 1 is 1.21 bits per heavy atom. The number of rotatable bonds is 2. The molecule has 2 aromatic carbocycles. The van der Waals surface area contributed by atoms with Gasteiger partial charge in [0.05, 0.1) is 5.92 Å². The molecule has 4 heteroatoms. The normalized spacial score (nSPS) is 17.2. The first-order valence-corrected chi connectivity index (χ1v) is 6.78. The summed E-state index contributed by atoms with van der Waals surface area (Å²) < 4.78 is 14.6. The molecule has 1 amide bonds. The Kier molecular flexibility index (Phi) is 3.11. The van der Waals surface area contributed by atoms with Crippen molar-refractivity contribution in [3.05, 3.63) is 63.9 Å². The number of halogens is 2. The van der Waals surface area contributed by atoms with Crippen molar-refractivity contribution in [1.82, 2.24) is 0 Å². The van der Waals surface area contributed by atoms with Crippen LogP contribution in [0, 0.1) is 5.82 Å². The van der Waals surface area contributed by atoms with E-state index in [0.29, 0.717) is 12.0 Å². The number of nitrogens with one attached hydrogen (secondary N) is 1. The number of hydrogen-bond acceptors (Lipinski definition) is 1. The second kappa shape index (κ2) is 4.78. The van der Waals surface area contributed by atoms with E-state index in [-0.39, 0.29) is 17.6 Å². The van der Waals surface area contributed by atoms with Gasteiger partial charge in [0, 0.05) is 10.2 Å². The zero-order valence-corrected chi connectivity index (χ0v) is 11.6. The highest BCUT2D eigenvalue weighted by Gasteiger charge is 2.31. The third-order valence-corrected chi connectivity index (χ3v) is 3.84. The fourth-order valence-corrected chi connectivity index (χ4v) is 2.76. The average Bonchev–Trinajstić information content (AvgIpc) is 2.69. The fourth-order valence-electron chi connectivity index (χ4n) is 2.38. The smallest absolute Gasteiger partial charge is 0.232 e. The van der Waals surface area contributed by atoms with E-state index in [4.69, 9.17) is 0 Å². The van der Waals surface area contributed by atoms with Gasteiger partial charge in [0.2, 0.25) is 5.91 Å². The van der Waals surface area contributed by atoms with Crippen molar-refractivity contribution in [1.29, 1.82) is 0 Å². The monoisotopic (exact) mass is 319 g/mol. The Hall–Kier alpha value is -1.68. The summed E-state index contributed by atoms with van der Waals surface area (Å²) in [5.74, 6) is -0.667. The van der Waals surface area contributed by atoms with E-state index in [2.05, 4.69) is 21.2 Å². The van der Waals surface area contributed by atoms with Gasteiger partial charge in [0.25, 0.3) is 0 Å². The van der Waals surface area contributed by atoms with E-state index >= 15 is 0 Å². The molecule has 0 bridgehead atoms. The molecule has 2 aromatic rings. The molecule has 19 heavy (non-hydrogen) atoms. The van der Waals surface area contributed by atoms with E-state index in [9.17, 15) is 9.18 Å². The van der Waals surface area contributed by atoms with Gasteiger partial charge in [-0.1, -0.05) is 34.1 Å². The van der Waals surface area contributed by atoms with Crippen molar-refractivity contribution in [3.63, 3.8) is 0 Å². The van der Waals surface area contributed by atoms with Gasteiger partial charge in [-0.2, -0.15) is 0 Å². The summed E-state index contributed by atoms with van der Waals surface area (Å²) in [6, 6.07) is 12.2. The first-order chi connectivity index (χ1) is 9.15. The Bertz CT molecular complexity index is 656. The van der Waals surface area contributed by atoms with E-state index in [1.165, 1.54) is 6.07 Å². The van der Waals surface area contributed by atoms with Crippen LogP contribution in [0.15, 0.2) is 46.9 Å². The summed E-state index contributed by atoms with van der Waals surface area (Å²) >= 11 is 3.40. The van der Waals surface area contributed by atoms with Crippen molar-refractivity contribution in [2.75, 3.05) is 5.32 Å². The van der Waals surface area contributed by atoms with E-state index in [0.717, 1.165) is 15.7 Å². The van der Waals surface area contributed by atoms with Crippen LogP contribution in [-0.4, -0.2) is 5.91 Å². The Morgan fingerprint density at radius 2 is 2.00 bits per heavy atom. The quantitative estimate of drug-likeness (QED) is 0.894. The molecule has 1 heterocycles. The molecule has 0 spiro atoms. The molecule has 0 saturated heterocycles. The SMILES string of the molecule is O=C1Nc2ccc(Br)cc2[C@@H]1Cc1ccccc1F. The summed E-state index contributed by atoms with van der Waals surface area (Å²) in [6.45, 7) is 0. The minimum absolute atomic E-state index is 0.0728. The molecule has 0 radical (unpaired) electrons. The molecule has 1 aliphatic rings. The van der Waals surface area contributed by atoms with Gasteiger partial charge in [0.1, 0.15) is 5.82 Å². The molecule has 1 N–H and O–H groups in total. The minimum Gasteiger partial charge on any atom is -0.325 e. The van der Waals surface area contributed by atoms with Crippen LogP contribution < -0.4 is 5.32 Å². The zero-order chi connectivity index (χ0) is 13.4. The molecule has 2 nitrogen and oxygen atoms in total. The summed E-state index contributed by atoms with van der Waals surface area (Å²) in [5.41, 5.74) is 2.30. The van der Waals surface area contributed by atoms with Crippen LogP contribution in [0.5, 0.6) is 0 Å². The summed E-state index contributed by atoms with van der Waals surface area (Å²) in [6.07, 6.45) is 0.377. The highest BCUT2D eigenvalue weighted by atomic mass is 79.9. The van der Waals surface area contributed by atoms with E-state index < -0.39 is 0 Å². The second-order valence-corrected chi connectivity index (χ2v) is 5.48. The molecular weight excluding hydrogens is 309 g/mol. The third-order valence-electron chi connectivity index (χ3n) is 3.35. The van der Waals surface area contributed by atoms with Gasteiger partial charge in [-0.25, -0.2) is 4.39 Å². The fraction of sp³-hybridized carbons (Fsp3) is 0.133. The van der Waals surface area contributed by atoms with Gasteiger partial charge in [-0.3, -0.25) is 4.79 Å². The largest absolute Gasteiger partial charge is 0.325 e. The van der Waals surface area contributed by atoms with Crippen molar-refractivity contribution < 1.29 is 9.18 Å². The number of carbonyl (C=O) groups excluding carboxylic acids is 1. The second-order valence-electron chi connectivity index (χ2n) is 4.57. The topological polar surface area (TPSA) is 29.1 Å². The molecule has 0 aliphatic carbocycles. The Labute approximate surface area is 118 Å². The lowest BCUT2D eigenvalue weighted by Gasteiger charge is -2.10. The number of amides is 1. The van der Waals surface area contributed by atoms with Gasteiger partial charge < -0.3 is 5.32 Å². The average molecular weight is 320 g/mol. The molecule has 0 unspecified atom stereocenters. The maximum Gasteiger partial charge on any atom is 0.232 e. The predicted octanol–water partition coefficient (Wildman–Crippen LogP) is 3.87. The summed E-state index contributed by atoms with van der Waals surface area (Å²) in [5, 5.41) is 2.83. The highest BCUT2D eigenvalue weighted by Crippen LogP contribution is 2.36. The molecule has 3 rings (SSSR count). The zero-order valence-electron chi connectivity index (χ0n) is 9.99. The van der Waals surface area contributed by atoms with Crippen molar-refractivity contribution >= 4 is 27.5 Å². The predicted molar refractivity (Wildman–Crippen MR) is 75.6 cm³/mol. The van der Waals surface area contributed by atoms with Crippen LogP contribution in [0.1, 0.15) is 17.0 Å². The van der Waals surface area contributed by atoms with Gasteiger partial charge >= 0.3 is 0 Å². The van der Waals surface area contributed by atoms with Crippen LogP contribution in [0.2, 0.25) is 0 Å². The molecular formula is C15H11BrFNO. The summed E-state index contributed by atoms with van der Waals surface area (Å²) in [7, 11) is 0. The molecule has 1 aliphatic heterocycles. The van der Waals surface area contributed by atoms with Gasteiger partial charge in [0.15, 0.2) is 0 Å². The number of benzene rings is 2. The van der Waals surface area contributed by atoms with Crippen molar-refractivity contribution in [2.45, 2.75) is 12.3 Å². The molecule has 1 atom stereocenters. The molecule has 0 fully saturated rings. The van der Waals surface area contributed by atoms with Crippen LogP contribution in [0.4, 0.5) is 10.1 Å². The molecule has 0 saturated carbocycles. The Balaban J connectivity index is 1.97. The number of hydrogen-bond donors (Lipinski definition) is 1. The first-order valence-electron chi connectivity index (χ1n) is 5.99. The number of fused-ring (bicyclic) bond motifs is 1. The maximum absolute atomic E-state index is 13.7. The van der Waals surface area contributed by atoms with Crippen molar-refractivity contribution in [3.8, 4) is 0 Å². The standard InChI is InChI=1S/C15H11BrFNO/c16-10-5-6-14-11(8-10)12(15(19)18-14)7-9-3-1-2-4-13(9)17/h1-6,8,12H,7H2,(H,18,19)/t12-/m0/s1. The van der Waals surface area contributed by atoms with Gasteiger partial charge in [-0.05, 0) is 41.8 Å². The minimum atomic E-state index is -0.329.